The summed E-state index contributed by atoms with van der Waals surface area (Å²) in [6.45, 7) is 4.09. The maximum absolute atomic E-state index is 12.9. The van der Waals surface area contributed by atoms with Crippen LogP contribution in [0.4, 0.5) is 13.2 Å². The van der Waals surface area contributed by atoms with Gasteiger partial charge in [0.25, 0.3) is 0 Å². The molecular formula is C21H32F3N5O3. The number of rotatable bonds is 10. The summed E-state index contributed by atoms with van der Waals surface area (Å²) in [5, 5.41) is 19.5. The third-order valence-electron chi connectivity index (χ3n) is 5.69. The van der Waals surface area contributed by atoms with Crippen molar-refractivity contribution in [2.45, 2.75) is 77.2 Å². The van der Waals surface area contributed by atoms with Gasteiger partial charge >= 0.3 is 6.18 Å². The first-order valence-electron chi connectivity index (χ1n) is 10.9. The van der Waals surface area contributed by atoms with Crippen LogP contribution in [0.2, 0.25) is 0 Å². The van der Waals surface area contributed by atoms with E-state index in [1.165, 1.54) is 0 Å². The van der Waals surface area contributed by atoms with Crippen LogP contribution >= 0.6 is 0 Å². The van der Waals surface area contributed by atoms with Gasteiger partial charge in [0.2, 0.25) is 17.7 Å². The standard InChI is InChI=1S/C21H32F3N5O3/c1-20(2,3)16(27-11-21(22,23)24)19(32)29-15(8-12-4-5-12)18(31)28-14(10-25)9-13-6-7-26-17(13)30/h12-16,27H,4-9,11H2,1-3H3,(H,26,30)(H,28,31)(H,29,32). The predicted molar refractivity (Wildman–Crippen MR) is 110 cm³/mol. The van der Waals surface area contributed by atoms with Crippen LogP contribution in [0.3, 0.4) is 0 Å². The molecule has 0 aromatic rings. The molecule has 180 valence electrons. The molecule has 4 atom stereocenters. The van der Waals surface area contributed by atoms with Crippen molar-refractivity contribution in [2.75, 3.05) is 13.1 Å². The number of amides is 3. The van der Waals surface area contributed by atoms with E-state index >= 15 is 0 Å². The number of carbonyl (C=O) groups excluding carboxylic acids is 3. The van der Waals surface area contributed by atoms with Crippen LogP contribution in [0.25, 0.3) is 0 Å². The van der Waals surface area contributed by atoms with E-state index in [0.717, 1.165) is 12.8 Å². The number of nitriles is 1. The first kappa shape index (κ1) is 25.9. The molecule has 3 amide bonds. The molecule has 2 fully saturated rings. The van der Waals surface area contributed by atoms with E-state index in [0.29, 0.717) is 19.4 Å². The van der Waals surface area contributed by atoms with Crippen LogP contribution < -0.4 is 21.3 Å². The van der Waals surface area contributed by atoms with Crippen molar-refractivity contribution in [3.8, 4) is 6.07 Å². The lowest BCUT2D eigenvalue weighted by molar-refractivity contribution is -0.137. The summed E-state index contributed by atoms with van der Waals surface area (Å²) >= 11 is 0. The van der Waals surface area contributed by atoms with Crippen LogP contribution in [0.1, 0.15) is 52.9 Å². The molecule has 0 radical (unpaired) electrons. The Labute approximate surface area is 186 Å². The largest absolute Gasteiger partial charge is 0.401 e. The Hall–Kier alpha value is -2.35. The predicted octanol–water partition coefficient (Wildman–Crippen LogP) is 1.37. The molecule has 0 bridgehead atoms. The fourth-order valence-corrected chi connectivity index (χ4v) is 3.75. The van der Waals surface area contributed by atoms with Crippen LogP contribution in [-0.4, -0.2) is 55.1 Å². The van der Waals surface area contributed by atoms with Crippen molar-refractivity contribution in [2.24, 2.45) is 17.3 Å². The van der Waals surface area contributed by atoms with Crippen molar-refractivity contribution in [1.82, 2.24) is 21.3 Å². The third kappa shape index (κ3) is 8.30. The number of hydrogen-bond acceptors (Lipinski definition) is 5. The van der Waals surface area contributed by atoms with Crippen LogP contribution in [-0.2, 0) is 14.4 Å². The summed E-state index contributed by atoms with van der Waals surface area (Å²) in [7, 11) is 0. The Balaban J connectivity index is 2.04. The van der Waals surface area contributed by atoms with Crippen molar-refractivity contribution >= 4 is 17.7 Å². The Morgan fingerprint density at radius 3 is 2.25 bits per heavy atom. The Bertz CT molecular complexity index is 740. The number of nitrogens with zero attached hydrogens (tertiary/aromatic N) is 1. The van der Waals surface area contributed by atoms with Gasteiger partial charge in [0.15, 0.2) is 0 Å². The van der Waals surface area contributed by atoms with Gasteiger partial charge in [-0.05, 0) is 30.6 Å². The summed E-state index contributed by atoms with van der Waals surface area (Å²) in [5.74, 6) is -1.56. The van der Waals surface area contributed by atoms with Gasteiger partial charge in [-0.25, -0.2) is 0 Å². The summed E-state index contributed by atoms with van der Waals surface area (Å²) < 4.78 is 38.1. The zero-order valence-corrected chi connectivity index (χ0v) is 18.6. The summed E-state index contributed by atoms with van der Waals surface area (Å²) in [5.41, 5.74) is -0.832. The lowest BCUT2D eigenvalue weighted by Crippen LogP contribution is -2.58. The van der Waals surface area contributed by atoms with Gasteiger partial charge in [-0.2, -0.15) is 18.4 Å². The SMILES string of the molecule is CC(C)(C)C(NCC(F)(F)F)C(=O)NC(CC1CC1)C(=O)NC(C#N)CC1CCNC1=O. The van der Waals surface area contributed by atoms with Gasteiger partial charge in [-0.15, -0.1) is 0 Å². The van der Waals surface area contributed by atoms with E-state index in [4.69, 9.17) is 0 Å². The smallest absolute Gasteiger partial charge is 0.356 e. The number of alkyl halides is 3. The van der Waals surface area contributed by atoms with Crippen LogP contribution in [0, 0.1) is 28.6 Å². The zero-order valence-electron chi connectivity index (χ0n) is 18.6. The lowest BCUT2D eigenvalue weighted by atomic mass is 9.85. The minimum Gasteiger partial charge on any atom is -0.356 e. The highest BCUT2D eigenvalue weighted by atomic mass is 19.4. The van der Waals surface area contributed by atoms with Gasteiger partial charge in [0.1, 0.15) is 12.1 Å². The average molecular weight is 460 g/mol. The van der Waals surface area contributed by atoms with Crippen LogP contribution in [0.5, 0.6) is 0 Å². The van der Waals surface area contributed by atoms with Crippen molar-refractivity contribution in [3.05, 3.63) is 0 Å². The van der Waals surface area contributed by atoms with Gasteiger partial charge in [0.05, 0.1) is 18.7 Å². The maximum atomic E-state index is 12.9. The fraction of sp³-hybridized carbons (Fsp3) is 0.810. The van der Waals surface area contributed by atoms with Crippen molar-refractivity contribution in [1.29, 1.82) is 5.26 Å². The molecule has 2 aliphatic rings. The second-order valence-electron chi connectivity index (χ2n) is 9.74. The minimum atomic E-state index is -4.49. The van der Waals surface area contributed by atoms with E-state index in [1.807, 2.05) is 6.07 Å². The highest BCUT2D eigenvalue weighted by Crippen LogP contribution is 2.34. The summed E-state index contributed by atoms with van der Waals surface area (Å²) in [6.07, 6.45) is -1.60. The maximum Gasteiger partial charge on any atom is 0.401 e. The Morgan fingerprint density at radius 2 is 1.78 bits per heavy atom. The normalized spacial score (nSPS) is 21.8. The third-order valence-corrected chi connectivity index (χ3v) is 5.69. The first-order chi connectivity index (χ1) is 14.8. The molecule has 4 unspecified atom stereocenters. The second kappa shape index (κ2) is 10.5. The molecule has 1 heterocycles. The number of carbonyl (C=O) groups is 3. The summed E-state index contributed by atoms with van der Waals surface area (Å²) in [6, 6.07) is -1.07. The molecule has 11 heteroatoms. The molecule has 32 heavy (non-hydrogen) atoms. The summed E-state index contributed by atoms with van der Waals surface area (Å²) in [4.78, 5) is 37.5. The molecular weight excluding hydrogens is 427 g/mol. The quantitative estimate of drug-likeness (QED) is 0.393. The van der Waals surface area contributed by atoms with Gasteiger partial charge in [0, 0.05) is 12.5 Å². The van der Waals surface area contributed by atoms with E-state index in [9.17, 15) is 32.8 Å². The van der Waals surface area contributed by atoms with Gasteiger partial charge in [-0.3, -0.25) is 19.7 Å². The Morgan fingerprint density at radius 1 is 1.12 bits per heavy atom. The molecule has 4 N–H and O–H groups in total. The van der Waals surface area contributed by atoms with E-state index in [1.54, 1.807) is 20.8 Å². The minimum absolute atomic E-state index is 0.161. The monoisotopic (exact) mass is 459 g/mol. The lowest BCUT2D eigenvalue weighted by Gasteiger charge is -2.32. The molecule has 1 aliphatic heterocycles. The van der Waals surface area contributed by atoms with Crippen LogP contribution in [0.15, 0.2) is 0 Å². The molecule has 8 nitrogen and oxygen atoms in total. The molecule has 1 aliphatic carbocycles. The van der Waals surface area contributed by atoms with Gasteiger partial charge in [-0.1, -0.05) is 33.6 Å². The topological polar surface area (TPSA) is 123 Å². The number of nitrogens with one attached hydrogen (secondary N) is 4. The van der Waals surface area contributed by atoms with Gasteiger partial charge < -0.3 is 16.0 Å². The highest BCUT2D eigenvalue weighted by Gasteiger charge is 2.39. The van der Waals surface area contributed by atoms with Crippen molar-refractivity contribution in [3.63, 3.8) is 0 Å². The molecule has 0 aromatic carbocycles. The zero-order chi connectivity index (χ0) is 24.1. The Kier molecular flexibility index (Phi) is 8.51. The molecule has 0 aromatic heterocycles. The molecule has 0 spiro atoms. The van der Waals surface area contributed by atoms with E-state index in [-0.39, 0.29) is 24.2 Å². The van der Waals surface area contributed by atoms with Crippen molar-refractivity contribution < 1.29 is 27.6 Å². The first-order valence-corrected chi connectivity index (χ1v) is 10.9. The van der Waals surface area contributed by atoms with E-state index in [2.05, 4.69) is 21.3 Å². The number of halogens is 3. The highest BCUT2D eigenvalue weighted by molar-refractivity contribution is 5.90. The molecule has 2 rings (SSSR count). The van der Waals surface area contributed by atoms with E-state index < -0.39 is 48.1 Å². The molecule has 1 saturated heterocycles. The molecule has 1 saturated carbocycles. The second-order valence-corrected chi connectivity index (χ2v) is 9.74. The average Bonchev–Trinajstić information content (AvgIpc) is 3.39. The fourth-order valence-electron chi connectivity index (χ4n) is 3.75. The number of hydrogen-bond donors (Lipinski definition) is 4.